The van der Waals surface area contributed by atoms with Gasteiger partial charge in [0.25, 0.3) is 0 Å². The summed E-state index contributed by atoms with van der Waals surface area (Å²) >= 11 is 1.61. The van der Waals surface area contributed by atoms with E-state index in [1.165, 1.54) is 0 Å². The van der Waals surface area contributed by atoms with Crippen LogP contribution in [0.25, 0.3) is 0 Å². The lowest BCUT2D eigenvalue weighted by Crippen LogP contribution is -2.30. The predicted molar refractivity (Wildman–Crippen MR) is 89.5 cm³/mol. The summed E-state index contributed by atoms with van der Waals surface area (Å²) in [4.78, 5) is 15.1. The lowest BCUT2D eigenvalue weighted by molar-refractivity contribution is -0.117. The molecule has 23 heavy (non-hydrogen) atoms. The van der Waals surface area contributed by atoms with Crippen LogP contribution >= 0.6 is 11.8 Å². The van der Waals surface area contributed by atoms with Crippen LogP contribution in [-0.4, -0.2) is 40.9 Å². The van der Waals surface area contributed by atoms with Crippen molar-refractivity contribution in [3.63, 3.8) is 0 Å². The highest BCUT2D eigenvalue weighted by Crippen LogP contribution is 2.39. The molecule has 0 aliphatic heterocycles. The van der Waals surface area contributed by atoms with Gasteiger partial charge in [-0.3, -0.25) is 9.69 Å². The normalized spacial score (nSPS) is 14.2. The third kappa shape index (κ3) is 4.33. The lowest BCUT2D eigenvalue weighted by Gasteiger charge is -2.15. The van der Waals surface area contributed by atoms with Crippen molar-refractivity contribution in [3.05, 3.63) is 36.0 Å². The van der Waals surface area contributed by atoms with Crippen LogP contribution in [0, 0.1) is 0 Å². The smallest absolute Gasteiger partial charge is 0.238 e. The van der Waals surface area contributed by atoms with Crippen molar-refractivity contribution >= 4 is 23.4 Å². The monoisotopic (exact) mass is 332 g/mol. The van der Waals surface area contributed by atoms with Crippen LogP contribution in [-0.2, 0) is 11.3 Å². The number of nitrogens with one attached hydrogen (secondary N) is 1. The maximum atomic E-state index is 12.2. The number of aromatic nitrogens is 2. The van der Waals surface area contributed by atoms with E-state index in [2.05, 4.69) is 15.5 Å². The number of para-hydroxylation sites is 1. The number of amides is 1. The zero-order valence-corrected chi connectivity index (χ0v) is 14.1. The fourth-order valence-electron chi connectivity index (χ4n) is 2.30. The van der Waals surface area contributed by atoms with Crippen LogP contribution < -0.4 is 5.32 Å². The van der Waals surface area contributed by atoms with Gasteiger partial charge < -0.3 is 9.73 Å². The molecular weight excluding hydrogens is 312 g/mol. The fraction of sp³-hybridized carbons (Fsp3) is 0.438. The van der Waals surface area contributed by atoms with Crippen molar-refractivity contribution in [2.75, 3.05) is 25.2 Å². The van der Waals surface area contributed by atoms with Crippen molar-refractivity contribution in [3.8, 4) is 0 Å². The van der Waals surface area contributed by atoms with Gasteiger partial charge in [-0.1, -0.05) is 12.1 Å². The molecule has 1 N–H and O–H groups in total. The summed E-state index contributed by atoms with van der Waals surface area (Å²) in [5, 5.41) is 11.0. The molecule has 1 amide bonds. The Morgan fingerprint density at radius 1 is 1.39 bits per heavy atom. The molecule has 0 bridgehead atoms. The average Bonchev–Trinajstić information content (AvgIpc) is 3.28. The maximum absolute atomic E-state index is 12.2. The molecule has 1 heterocycles. The standard InChI is InChI=1S/C16H20N4O2S/c1-20(10-15-18-19-16(22-15)11-7-8-11)9-14(21)17-12-5-3-4-6-13(12)23-2/h3-6,11H,7-10H2,1-2H3,(H,17,21). The summed E-state index contributed by atoms with van der Waals surface area (Å²) in [6.07, 6.45) is 4.26. The maximum Gasteiger partial charge on any atom is 0.238 e. The zero-order valence-electron chi connectivity index (χ0n) is 13.3. The van der Waals surface area contributed by atoms with Crippen molar-refractivity contribution in [2.24, 2.45) is 0 Å². The minimum Gasteiger partial charge on any atom is -0.424 e. The second kappa shape index (κ2) is 7.14. The third-order valence-corrected chi connectivity index (χ3v) is 4.40. The summed E-state index contributed by atoms with van der Waals surface area (Å²) in [6, 6.07) is 7.77. The molecule has 1 fully saturated rings. The number of rotatable bonds is 7. The highest BCUT2D eigenvalue weighted by molar-refractivity contribution is 7.98. The van der Waals surface area contributed by atoms with Gasteiger partial charge in [-0.05, 0) is 38.3 Å². The largest absolute Gasteiger partial charge is 0.424 e. The molecule has 0 atom stereocenters. The Balaban J connectivity index is 1.52. The van der Waals surface area contributed by atoms with Crippen LogP contribution in [0.3, 0.4) is 0 Å². The van der Waals surface area contributed by atoms with E-state index in [-0.39, 0.29) is 12.5 Å². The van der Waals surface area contributed by atoms with Crippen molar-refractivity contribution in [1.82, 2.24) is 15.1 Å². The quantitative estimate of drug-likeness (QED) is 0.786. The number of hydrogen-bond acceptors (Lipinski definition) is 6. The minimum absolute atomic E-state index is 0.0593. The molecule has 122 valence electrons. The minimum atomic E-state index is -0.0593. The van der Waals surface area contributed by atoms with E-state index in [9.17, 15) is 4.79 Å². The molecule has 0 spiro atoms. The van der Waals surface area contributed by atoms with Crippen molar-refractivity contribution in [2.45, 2.75) is 30.2 Å². The Hall–Kier alpha value is -1.86. The van der Waals surface area contributed by atoms with Crippen molar-refractivity contribution < 1.29 is 9.21 Å². The van der Waals surface area contributed by atoms with Gasteiger partial charge in [-0.15, -0.1) is 22.0 Å². The Morgan fingerprint density at radius 3 is 2.91 bits per heavy atom. The van der Waals surface area contributed by atoms with Crippen LogP contribution in [0.2, 0.25) is 0 Å². The van der Waals surface area contributed by atoms with E-state index < -0.39 is 0 Å². The van der Waals surface area contributed by atoms with Gasteiger partial charge in [-0.2, -0.15) is 0 Å². The van der Waals surface area contributed by atoms with Crippen LogP contribution in [0.15, 0.2) is 33.6 Å². The number of hydrogen-bond donors (Lipinski definition) is 1. The Morgan fingerprint density at radius 2 is 2.17 bits per heavy atom. The Labute approximate surface area is 139 Å². The van der Waals surface area contributed by atoms with Crippen LogP contribution in [0.1, 0.15) is 30.5 Å². The summed E-state index contributed by atoms with van der Waals surface area (Å²) in [5.74, 6) is 1.68. The number of carbonyl (C=O) groups excluding carboxylic acids is 1. The second-order valence-electron chi connectivity index (χ2n) is 5.73. The van der Waals surface area contributed by atoms with E-state index in [4.69, 9.17) is 4.42 Å². The molecule has 2 aromatic rings. The SMILES string of the molecule is CSc1ccccc1NC(=O)CN(C)Cc1nnc(C2CC2)o1. The molecule has 1 aromatic heterocycles. The number of nitrogens with zero attached hydrogens (tertiary/aromatic N) is 3. The lowest BCUT2D eigenvalue weighted by atomic mass is 10.3. The predicted octanol–water partition coefficient (Wildman–Crippen LogP) is 2.74. The van der Waals surface area contributed by atoms with Gasteiger partial charge >= 0.3 is 0 Å². The van der Waals surface area contributed by atoms with Gasteiger partial charge in [0.1, 0.15) is 0 Å². The Kier molecular flexibility index (Phi) is 4.97. The Bertz CT molecular complexity index is 684. The topological polar surface area (TPSA) is 71.3 Å². The summed E-state index contributed by atoms with van der Waals surface area (Å²) in [6.45, 7) is 0.737. The summed E-state index contributed by atoms with van der Waals surface area (Å²) in [7, 11) is 1.86. The van der Waals surface area contributed by atoms with E-state index >= 15 is 0 Å². The molecule has 0 saturated heterocycles. The van der Waals surface area contributed by atoms with Crippen LogP contribution in [0.5, 0.6) is 0 Å². The first kappa shape index (κ1) is 16.0. The van der Waals surface area contributed by atoms with E-state index in [0.717, 1.165) is 29.3 Å². The van der Waals surface area contributed by atoms with E-state index in [1.54, 1.807) is 11.8 Å². The van der Waals surface area contributed by atoms with E-state index in [0.29, 0.717) is 18.4 Å². The first-order valence-corrected chi connectivity index (χ1v) is 8.82. The van der Waals surface area contributed by atoms with Crippen LogP contribution in [0.4, 0.5) is 5.69 Å². The molecule has 0 radical (unpaired) electrons. The number of thioether (sulfide) groups is 1. The highest BCUT2D eigenvalue weighted by Gasteiger charge is 2.29. The van der Waals surface area contributed by atoms with E-state index in [1.807, 2.05) is 42.5 Å². The summed E-state index contributed by atoms with van der Waals surface area (Å²) in [5.41, 5.74) is 0.840. The second-order valence-corrected chi connectivity index (χ2v) is 6.58. The molecule has 1 saturated carbocycles. The molecule has 1 aliphatic rings. The number of anilines is 1. The number of likely N-dealkylation sites (N-methyl/N-ethyl adjacent to an activating group) is 1. The van der Waals surface area contributed by atoms with Gasteiger partial charge in [-0.25, -0.2) is 0 Å². The molecular formula is C16H20N4O2S. The molecule has 3 rings (SSSR count). The molecule has 1 aromatic carbocycles. The highest BCUT2D eigenvalue weighted by atomic mass is 32.2. The molecule has 6 nitrogen and oxygen atoms in total. The van der Waals surface area contributed by atoms with Gasteiger partial charge in [0.05, 0.1) is 18.8 Å². The van der Waals surface area contributed by atoms with Gasteiger partial charge in [0, 0.05) is 10.8 Å². The van der Waals surface area contributed by atoms with Gasteiger partial charge in [0.2, 0.25) is 17.7 Å². The fourth-order valence-corrected chi connectivity index (χ4v) is 2.85. The summed E-state index contributed by atoms with van der Waals surface area (Å²) < 4.78 is 5.62. The molecule has 1 aliphatic carbocycles. The number of carbonyl (C=O) groups is 1. The molecule has 7 heteroatoms. The average molecular weight is 332 g/mol. The van der Waals surface area contributed by atoms with Crippen molar-refractivity contribution in [1.29, 1.82) is 0 Å². The molecule has 0 unspecified atom stereocenters. The van der Waals surface area contributed by atoms with Gasteiger partial charge in [0.15, 0.2) is 0 Å². The number of benzene rings is 1. The first-order valence-electron chi connectivity index (χ1n) is 7.59. The first-order chi connectivity index (χ1) is 11.2. The third-order valence-electron chi connectivity index (χ3n) is 3.61. The zero-order chi connectivity index (χ0) is 16.2.